The summed E-state index contributed by atoms with van der Waals surface area (Å²) in [5, 5.41) is 6.71. The number of likely N-dealkylation sites (N-methyl/N-ethyl adjacent to an activating group) is 1. The lowest BCUT2D eigenvalue weighted by molar-refractivity contribution is 0.181. The van der Waals surface area contributed by atoms with Crippen LogP contribution in [0.3, 0.4) is 0 Å². The Kier molecular flexibility index (Phi) is 15.9. The third-order valence-corrected chi connectivity index (χ3v) is 3.62. The quantitative estimate of drug-likeness (QED) is 0.319. The smallest absolute Gasteiger partial charge is 0.191 e. The van der Waals surface area contributed by atoms with Gasteiger partial charge in [0.05, 0.1) is 6.54 Å². The number of halogens is 1. The van der Waals surface area contributed by atoms with Crippen LogP contribution in [0.2, 0.25) is 0 Å². The Hall–Kier alpha value is -0.0800. The van der Waals surface area contributed by atoms with Gasteiger partial charge in [-0.05, 0) is 48.2 Å². The van der Waals surface area contributed by atoms with Crippen molar-refractivity contribution in [1.29, 1.82) is 0 Å². The Morgan fingerprint density at radius 1 is 1.00 bits per heavy atom. The Morgan fingerprint density at radius 3 is 2.05 bits per heavy atom. The molecule has 2 N–H and O–H groups in total. The van der Waals surface area contributed by atoms with Crippen molar-refractivity contribution in [3.63, 3.8) is 0 Å². The molecule has 0 fully saturated rings. The summed E-state index contributed by atoms with van der Waals surface area (Å²) in [6, 6.07) is 1.13. The van der Waals surface area contributed by atoms with Crippen LogP contribution in [0.5, 0.6) is 0 Å². The maximum Gasteiger partial charge on any atom is 0.191 e. The summed E-state index contributed by atoms with van der Waals surface area (Å²) in [5.41, 5.74) is 0. The molecule has 0 aliphatic rings. The highest BCUT2D eigenvalue weighted by Crippen LogP contribution is 2.03. The molecule has 0 aliphatic heterocycles. The van der Waals surface area contributed by atoms with Crippen molar-refractivity contribution < 1.29 is 0 Å². The Labute approximate surface area is 155 Å². The van der Waals surface area contributed by atoms with Gasteiger partial charge in [0.25, 0.3) is 0 Å². The van der Waals surface area contributed by atoms with Gasteiger partial charge in [-0.2, -0.15) is 0 Å². The SMILES string of the molecule is CCNC(=NCCN(C(C)C)C(C)C)NCCN(C)CC.I. The van der Waals surface area contributed by atoms with Gasteiger partial charge in [0.2, 0.25) is 0 Å². The lowest BCUT2D eigenvalue weighted by Crippen LogP contribution is -2.42. The summed E-state index contributed by atoms with van der Waals surface area (Å²) in [6.07, 6.45) is 0. The monoisotopic (exact) mass is 427 g/mol. The molecule has 22 heavy (non-hydrogen) atoms. The van der Waals surface area contributed by atoms with Gasteiger partial charge in [0.1, 0.15) is 0 Å². The zero-order valence-electron chi connectivity index (χ0n) is 15.6. The first kappa shape index (κ1) is 24.2. The zero-order valence-corrected chi connectivity index (χ0v) is 18.0. The van der Waals surface area contributed by atoms with Crippen LogP contribution in [0.4, 0.5) is 0 Å². The van der Waals surface area contributed by atoms with Crippen LogP contribution >= 0.6 is 24.0 Å². The molecule has 0 aromatic rings. The molecule has 0 aromatic heterocycles. The maximum atomic E-state index is 4.67. The molecule has 0 aliphatic carbocycles. The second-order valence-electron chi connectivity index (χ2n) is 6.01. The molecule has 0 atom stereocenters. The highest BCUT2D eigenvalue weighted by atomic mass is 127. The van der Waals surface area contributed by atoms with Crippen LogP contribution in [-0.2, 0) is 0 Å². The van der Waals surface area contributed by atoms with Crippen molar-refractivity contribution in [2.24, 2.45) is 4.99 Å². The van der Waals surface area contributed by atoms with Gasteiger partial charge >= 0.3 is 0 Å². The van der Waals surface area contributed by atoms with E-state index in [0.29, 0.717) is 12.1 Å². The number of guanidine groups is 1. The van der Waals surface area contributed by atoms with Gasteiger partial charge in [0, 0.05) is 38.3 Å². The van der Waals surface area contributed by atoms with Crippen molar-refractivity contribution in [2.75, 3.05) is 46.3 Å². The van der Waals surface area contributed by atoms with Crippen LogP contribution in [0, 0.1) is 0 Å². The van der Waals surface area contributed by atoms with Gasteiger partial charge in [0.15, 0.2) is 5.96 Å². The molecule has 0 saturated heterocycles. The molecule has 0 saturated carbocycles. The summed E-state index contributed by atoms with van der Waals surface area (Å²) in [4.78, 5) is 9.43. The van der Waals surface area contributed by atoms with Crippen molar-refractivity contribution >= 4 is 29.9 Å². The minimum absolute atomic E-state index is 0. The molecule has 0 unspecified atom stereocenters. The highest BCUT2D eigenvalue weighted by Gasteiger charge is 2.12. The van der Waals surface area contributed by atoms with E-state index in [-0.39, 0.29) is 24.0 Å². The second-order valence-corrected chi connectivity index (χ2v) is 6.01. The first-order chi connectivity index (χ1) is 9.92. The minimum Gasteiger partial charge on any atom is -0.357 e. The van der Waals surface area contributed by atoms with E-state index in [1.165, 1.54) is 0 Å². The predicted molar refractivity (Wildman–Crippen MR) is 110 cm³/mol. The number of nitrogens with one attached hydrogen (secondary N) is 2. The van der Waals surface area contributed by atoms with E-state index in [0.717, 1.165) is 45.2 Å². The van der Waals surface area contributed by atoms with E-state index in [2.05, 4.69) is 74.0 Å². The number of hydrogen-bond acceptors (Lipinski definition) is 3. The minimum atomic E-state index is 0. The van der Waals surface area contributed by atoms with E-state index in [9.17, 15) is 0 Å². The molecule has 0 radical (unpaired) electrons. The second kappa shape index (κ2) is 14.5. The summed E-state index contributed by atoms with van der Waals surface area (Å²) in [5.74, 6) is 0.925. The van der Waals surface area contributed by atoms with E-state index in [1.807, 2.05) is 0 Å². The fourth-order valence-electron chi connectivity index (χ4n) is 2.25. The van der Waals surface area contributed by atoms with Gasteiger partial charge < -0.3 is 15.5 Å². The molecule has 0 spiro atoms. The first-order valence-corrected chi connectivity index (χ1v) is 8.38. The lowest BCUT2D eigenvalue weighted by Gasteiger charge is -2.29. The Bertz CT molecular complexity index is 274. The fraction of sp³-hybridized carbons (Fsp3) is 0.938. The standard InChI is InChI=1S/C16H37N5.HI/c1-8-17-16(18-10-12-20(7)9-2)19-11-13-21(14(3)4)15(5)6;/h14-15H,8-13H2,1-7H3,(H2,17,18,19);1H. The Morgan fingerprint density at radius 2 is 1.59 bits per heavy atom. The summed E-state index contributed by atoms with van der Waals surface area (Å²) in [7, 11) is 2.13. The lowest BCUT2D eigenvalue weighted by atomic mass is 10.2. The normalized spacial score (nSPS) is 12.2. The molecular formula is C16H38IN5. The molecule has 5 nitrogen and oxygen atoms in total. The molecule has 0 amide bonds. The van der Waals surface area contributed by atoms with Crippen LogP contribution in [0.15, 0.2) is 4.99 Å². The topological polar surface area (TPSA) is 42.9 Å². The average Bonchev–Trinajstić information content (AvgIpc) is 2.42. The maximum absolute atomic E-state index is 4.67. The average molecular weight is 427 g/mol. The van der Waals surface area contributed by atoms with E-state index < -0.39 is 0 Å². The molecule has 6 heteroatoms. The van der Waals surface area contributed by atoms with Gasteiger partial charge in [-0.1, -0.05) is 6.92 Å². The Balaban J connectivity index is 0. The number of aliphatic imine (C=N–C) groups is 1. The molecule has 0 bridgehead atoms. The molecule has 134 valence electrons. The largest absolute Gasteiger partial charge is 0.357 e. The van der Waals surface area contributed by atoms with Crippen LogP contribution < -0.4 is 10.6 Å². The summed E-state index contributed by atoms with van der Waals surface area (Å²) < 4.78 is 0. The van der Waals surface area contributed by atoms with Crippen molar-refractivity contribution in [3.05, 3.63) is 0 Å². The first-order valence-electron chi connectivity index (χ1n) is 8.38. The van der Waals surface area contributed by atoms with Gasteiger partial charge in [-0.25, -0.2) is 0 Å². The van der Waals surface area contributed by atoms with Crippen LogP contribution in [0.25, 0.3) is 0 Å². The number of rotatable bonds is 10. The third-order valence-electron chi connectivity index (χ3n) is 3.62. The number of nitrogens with zero attached hydrogens (tertiary/aromatic N) is 3. The summed E-state index contributed by atoms with van der Waals surface area (Å²) >= 11 is 0. The number of hydrogen-bond donors (Lipinski definition) is 2. The van der Waals surface area contributed by atoms with Crippen molar-refractivity contribution in [2.45, 2.75) is 53.6 Å². The summed E-state index contributed by atoms with van der Waals surface area (Å²) in [6.45, 7) is 19.0. The molecular weight excluding hydrogens is 389 g/mol. The van der Waals surface area contributed by atoms with Crippen LogP contribution in [0.1, 0.15) is 41.5 Å². The van der Waals surface area contributed by atoms with Gasteiger partial charge in [-0.3, -0.25) is 9.89 Å². The highest BCUT2D eigenvalue weighted by molar-refractivity contribution is 14.0. The molecule has 0 heterocycles. The van der Waals surface area contributed by atoms with E-state index in [1.54, 1.807) is 0 Å². The fourth-order valence-corrected chi connectivity index (χ4v) is 2.25. The predicted octanol–water partition coefficient (Wildman–Crippen LogP) is 2.23. The van der Waals surface area contributed by atoms with Crippen molar-refractivity contribution in [1.82, 2.24) is 20.4 Å². The third kappa shape index (κ3) is 11.5. The van der Waals surface area contributed by atoms with E-state index >= 15 is 0 Å². The van der Waals surface area contributed by atoms with Gasteiger partial charge in [-0.15, -0.1) is 24.0 Å². The zero-order chi connectivity index (χ0) is 16.3. The molecule has 0 aromatic carbocycles. The van der Waals surface area contributed by atoms with Crippen molar-refractivity contribution in [3.8, 4) is 0 Å². The van der Waals surface area contributed by atoms with E-state index in [4.69, 9.17) is 0 Å². The molecule has 0 rings (SSSR count). The van der Waals surface area contributed by atoms with Crippen LogP contribution in [-0.4, -0.2) is 74.2 Å².